The highest BCUT2D eigenvalue weighted by Gasteiger charge is 2.41. The molecular weight excluding hydrogens is 236 g/mol. The molecule has 3 nitrogen and oxygen atoms in total. The van der Waals surface area contributed by atoms with E-state index in [-0.39, 0.29) is 11.6 Å². The van der Waals surface area contributed by atoms with Gasteiger partial charge >= 0.3 is 0 Å². The number of hydrogen-bond donors (Lipinski definition) is 2. The summed E-state index contributed by atoms with van der Waals surface area (Å²) in [5, 5.41) is 0. The Labute approximate surface area is 116 Å². The molecular formula is C16H26N2O. The van der Waals surface area contributed by atoms with Crippen molar-refractivity contribution in [2.24, 2.45) is 5.84 Å². The summed E-state index contributed by atoms with van der Waals surface area (Å²) < 4.78 is 5.94. The second kappa shape index (κ2) is 6.04. The number of ether oxygens (including phenoxy) is 1. The molecule has 1 aliphatic carbocycles. The van der Waals surface area contributed by atoms with Crippen molar-refractivity contribution in [1.29, 1.82) is 0 Å². The van der Waals surface area contributed by atoms with E-state index in [0.717, 1.165) is 12.8 Å². The first kappa shape index (κ1) is 14.5. The van der Waals surface area contributed by atoms with Crippen molar-refractivity contribution in [3.05, 3.63) is 34.9 Å². The molecule has 0 aromatic heterocycles. The van der Waals surface area contributed by atoms with Gasteiger partial charge in [-0.25, -0.2) is 0 Å². The summed E-state index contributed by atoms with van der Waals surface area (Å²) in [6, 6.07) is 6.61. The van der Waals surface area contributed by atoms with Crippen molar-refractivity contribution >= 4 is 0 Å². The quantitative estimate of drug-likeness (QED) is 0.647. The number of aryl methyl sites for hydroxylation is 2. The molecule has 1 aromatic carbocycles. The predicted octanol–water partition coefficient (Wildman–Crippen LogP) is 3.16. The molecule has 1 aliphatic rings. The summed E-state index contributed by atoms with van der Waals surface area (Å²) in [4.78, 5) is 0. The van der Waals surface area contributed by atoms with Crippen molar-refractivity contribution in [2.75, 3.05) is 7.11 Å². The number of hydrogen-bond acceptors (Lipinski definition) is 3. The summed E-state index contributed by atoms with van der Waals surface area (Å²) in [6.45, 7) is 4.27. The van der Waals surface area contributed by atoms with Crippen LogP contribution in [0.4, 0.5) is 0 Å². The van der Waals surface area contributed by atoms with Gasteiger partial charge in [0.1, 0.15) is 0 Å². The van der Waals surface area contributed by atoms with Crippen LogP contribution in [0.5, 0.6) is 0 Å². The maximum Gasteiger partial charge on any atom is 0.0885 e. The van der Waals surface area contributed by atoms with Crippen molar-refractivity contribution < 1.29 is 4.74 Å². The molecule has 106 valence electrons. The molecule has 1 aromatic rings. The molecule has 0 spiro atoms. The van der Waals surface area contributed by atoms with Crippen LogP contribution in [0.15, 0.2) is 18.2 Å². The lowest BCUT2D eigenvalue weighted by Crippen LogP contribution is -2.49. The molecule has 1 fully saturated rings. The summed E-state index contributed by atoms with van der Waals surface area (Å²) >= 11 is 0. The van der Waals surface area contributed by atoms with E-state index in [1.807, 2.05) is 7.11 Å². The zero-order chi connectivity index (χ0) is 13.9. The van der Waals surface area contributed by atoms with Gasteiger partial charge in [0, 0.05) is 7.11 Å². The molecule has 1 unspecified atom stereocenters. The third kappa shape index (κ3) is 2.83. The van der Waals surface area contributed by atoms with E-state index in [2.05, 4.69) is 37.5 Å². The van der Waals surface area contributed by atoms with Gasteiger partial charge in [0.2, 0.25) is 0 Å². The molecule has 1 atom stereocenters. The van der Waals surface area contributed by atoms with E-state index >= 15 is 0 Å². The van der Waals surface area contributed by atoms with Gasteiger partial charge in [-0.2, -0.15) is 0 Å². The second-order valence-electron chi connectivity index (χ2n) is 5.79. The minimum Gasteiger partial charge on any atom is -0.376 e. The molecule has 0 radical (unpaired) electrons. The first-order chi connectivity index (χ1) is 9.13. The van der Waals surface area contributed by atoms with Crippen LogP contribution < -0.4 is 11.3 Å². The average Bonchev–Trinajstić information content (AvgIpc) is 2.44. The SMILES string of the molecule is COC1(C(NN)c2cc(C)ccc2C)CCCCC1. The monoisotopic (exact) mass is 262 g/mol. The number of nitrogens with two attached hydrogens (primary N) is 1. The Hall–Kier alpha value is -0.900. The Bertz CT molecular complexity index is 425. The zero-order valence-corrected chi connectivity index (χ0v) is 12.3. The Morgan fingerprint density at radius 1 is 1.21 bits per heavy atom. The number of benzene rings is 1. The lowest BCUT2D eigenvalue weighted by molar-refractivity contribution is -0.0690. The van der Waals surface area contributed by atoms with Crippen LogP contribution in [0.1, 0.15) is 54.8 Å². The fourth-order valence-electron chi connectivity index (χ4n) is 3.36. The van der Waals surface area contributed by atoms with E-state index in [4.69, 9.17) is 10.6 Å². The Morgan fingerprint density at radius 2 is 1.89 bits per heavy atom. The van der Waals surface area contributed by atoms with Crippen LogP contribution in [0, 0.1) is 13.8 Å². The molecule has 0 bridgehead atoms. The summed E-state index contributed by atoms with van der Waals surface area (Å²) in [5.74, 6) is 5.89. The highest BCUT2D eigenvalue weighted by Crippen LogP contribution is 2.41. The first-order valence-electron chi connectivity index (χ1n) is 7.21. The first-order valence-corrected chi connectivity index (χ1v) is 7.21. The van der Waals surface area contributed by atoms with Crippen LogP contribution >= 0.6 is 0 Å². The second-order valence-corrected chi connectivity index (χ2v) is 5.79. The van der Waals surface area contributed by atoms with Crippen molar-refractivity contribution in [1.82, 2.24) is 5.43 Å². The topological polar surface area (TPSA) is 47.3 Å². The van der Waals surface area contributed by atoms with Gasteiger partial charge in [-0.15, -0.1) is 0 Å². The van der Waals surface area contributed by atoms with E-state index in [1.54, 1.807) is 0 Å². The predicted molar refractivity (Wildman–Crippen MR) is 78.8 cm³/mol. The average molecular weight is 262 g/mol. The number of rotatable bonds is 4. The minimum absolute atomic E-state index is 0.0673. The molecule has 0 heterocycles. The van der Waals surface area contributed by atoms with Gasteiger partial charge in [-0.3, -0.25) is 11.3 Å². The zero-order valence-electron chi connectivity index (χ0n) is 12.3. The standard InChI is InChI=1S/C16H26N2O/c1-12-7-8-13(2)14(11-12)15(18-17)16(19-3)9-5-4-6-10-16/h7-8,11,15,18H,4-6,9-10,17H2,1-3H3. The van der Waals surface area contributed by atoms with Gasteiger partial charge in [0.15, 0.2) is 0 Å². The summed E-state index contributed by atoms with van der Waals surface area (Å²) in [7, 11) is 1.82. The van der Waals surface area contributed by atoms with Gasteiger partial charge in [0.25, 0.3) is 0 Å². The molecule has 2 rings (SSSR count). The smallest absolute Gasteiger partial charge is 0.0885 e. The highest BCUT2D eigenvalue weighted by molar-refractivity contribution is 5.35. The number of nitrogens with one attached hydrogen (secondary N) is 1. The fourth-order valence-corrected chi connectivity index (χ4v) is 3.36. The van der Waals surface area contributed by atoms with E-state index in [9.17, 15) is 0 Å². The normalized spacial score (nSPS) is 20.2. The molecule has 3 heteroatoms. The molecule has 3 N–H and O–H groups in total. The van der Waals surface area contributed by atoms with E-state index in [1.165, 1.54) is 36.0 Å². The molecule has 0 aliphatic heterocycles. The Kier molecular flexibility index (Phi) is 4.61. The van der Waals surface area contributed by atoms with Crippen molar-refractivity contribution in [3.63, 3.8) is 0 Å². The summed E-state index contributed by atoms with van der Waals surface area (Å²) in [6.07, 6.45) is 5.89. The van der Waals surface area contributed by atoms with Crippen molar-refractivity contribution in [2.45, 2.75) is 57.6 Å². The summed E-state index contributed by atoms with van der Waals surface area (Å²) in [5.41, 5.74) is 6.67. The molecule has 0 saturated heterocycles. The van der Waals surface area contributed by atoms with Gasteiger partial charge in [0.05, 0.1) is 11.6 Å². The minimum atomic E-state index is -0.161. The Morgan fingerprint density at radius 3 is 2.47 bits per heavy atom. The number of hydrazine groups is 1. The van der Waals surface area contributed by atoms with Gasteiger partial charge < -0.3 is 4.74 Å². The lowest BCUT2D eigenvalue weighted by Gasteiger charge is -2.43. The third-order valence-corrected chi connectivity index (χ3v) is 4.54. The maximum atomic E-state index is 5.94. The van der Waals surface area contributed by atoms with Crippen LogP contribution in [0.2, 0.25) is 0 Å². The lowest BCUT2D eigenvalue weighted by atomic mass is 9.76. The maximum absolute atomic E-state index is 5.94. The highest BCUT2D eigenvalue weighted by atomic mass is 16.5. The molecule has 1 saturated carbocycles. The van der Waals surface area contributed by atoms with E-state index < -0.39 is 0 Å². The largest absolute Gasteiger partial charge is 0.376 e. The van der Waals surface area contributed by atoms with Crippen LogP contribution in [-0.4, -0.2) is 12.7 Å². The van der Waals surface area contributed by atoms with Crippen molar-refractivity contribution in [3.8, 4) is 0 Å². The third-order valence-electron chi connectivity index (χ3n) is 4.54. The van der Waals surface area contributed by atoms with Crippen LogP contribution in [0.3, 0.4) is 0 Å². The fraction of sp³-hybridized carbons (Fsp3) is 0.625. The van der Waals surface area contributed by atoms with Gasteiger partial charge in [-0.1, -0.05) is 43.0 Å². The molecule has 0 amide bonds. The Balaban J connectivity index is 2.39. The van der Waals surface area contributed by atoms with Crippen LogP contribution in [0.25, 0.3) is 0 Å². The molecule has 19 heavy (non-hydrogen) atoms. The van der Waals surface area contributed by atoms with Gasteiger partial charge in [-0.05, 0) is 37.8 Å². The van der Waals surface area contributed by atoms with E-state index in [0.29, 0.717) is 0 Å². The van der Waals surface area contributed by atoms with Crippen LogP contribution in [-0.2, 0) is 4.74 Å². The number of methoxy groups -OCH3 is 1.